The molecule has 7 heteroatoms. The van der Waals surface area contributed by atoms with E-state index in [-0.39, 0.29) is 30.1 Å². The summed E-state index contributed by atoms with van der Waals surface area (Å²) < 4.78 is 2.21. The molecule has 1 aromatic heterocycles. The van der Waals surface area contributed by atoms with Gasteiger partial charge in [0.2, 0.25) is 0 Å². The smallest absolute Gasteiger partial charge is 0.193 e. The average molecular weight is 447 g/mol. The fraction of sp³-hybridized carbons (Fsp3) is 0.765. The van der Waals surface area contributed by atoms with Crippen LogP contribution in [0.15, 0.2) is 23.7 Å². The van der Waals surface area contributed by atoms with Crippen molar-refractivity contribution >= 4 is 29.9 Å². The molecule has 136 valence electrons. The number of aromatic nitrogens is 2. The fourth-order valence-electron chi connectivity index (χ4n) is 3.91. The van der Waals surface area contributed by atoms with E-state index in [0.29, 0.717) is 17.9 Å². The van der Waals surface area contributed by atoms with Gasteiger partial charge >= 0.3 is 0 Å². The first-order chi connectivity index (χ1) is 11.2. The van der Waals surface area contributed by atoms with Gasteiger partial charge in [-0.2, -0.15) is 0 Å². The summed E-state index contributed by atoms with van der Waals surface area (Å²) in [7, 11) is 1.84. The van der Waals surface area contributed by atoms with E-state index in [0.717, 1.165) is 51.3 Å². The molecule has 6 nitrogen and oxygen atoms in total. The second kappa shape index (κ2) is 9.03. The standard InChI is InChI=1S/C17H29N5O.HI/c1-13-6-8-21(11-15(13)22-9-7-19-12-22)17(18-2)20-10-14-4-3-5-16(14)23;/h7,9,12-16,23H,3-6,8,10-11H2,1-2H3,(H,18,20);1H. The number of rotatable bonds is 3. The van der Waals surface area contributed by atoms with Crippen LogP contribution >= 0.6 is 24.0 Å². The summed E-state index contributed by atoms with van der Waals surface area (Å²) >= 11 is 0. The van der Waals surface area contributed by atoms with Gasteiger partial charge in [-0.25, -0.2) is 4.98 Å². The second-order valence-corrected chi connectivity index (χ2v) is 6.98. The summed E-state index contributed by atoms with van der Waals surface area (Å²) in [6.45, 7) is 5.10. The monoisotopic (exact) mass is 447 g/mol. The molecule has 2 N–H and O–H groups in total. The van der Waals surface area contributed by atoms with Gasteiger partial charge in [0.05, 0.1) is 18.5 Å². The topological polar surface area (TPSA) is 65.7 Å². The van der Waals surface area contributed by atoms with Crippen molar-refractivity contribution < 1.29 is 5.11 Å². The minimum Gasteiger partial charge on any atom is -0.393 e. The number of halogens is 1. The van der Waals surface area contributed by atoms with Gasteiger partial charge in [-0.1, -0.05) is 13.3 Å². The van der Waals surface area contributed by atoms with Crippen LogP contribution in [0.4, 0.5) is 0 Å². The Bertz CT molecular complexity index is 521. The number of aliphatic hydroxyl groups is 1. The number of aliphatic imine (C=N–C) groups is 1. The van der Waals surface area contributed by atoms with E-state index in [2.05, 4.69) is 37.9 Å². The Morgan fingerprint density at radius 3 is 2.83 bits per heavy atom. The molecule has 1 saturated carbocycles. The number of imidazole rings is 1. The molecule has 2 heterocycles. The van der Waals surface area contributed by atoms with E-state index < -0.39 is 0 Å². The Morgan fingerprint density at radius 2 is 2.21 bits per heavy atom. The van der Waals surface area contributed by atoms with Crippen LogP contribution in [0.25, 0.3) is 0 Å². The molecule has 0 spiro atoms. The van der Waals surface area contributed by atoms with Crippen molar-refractivity contribution in [2.75, 3.05) is 26.7 Å². The predicted molar refractivity (Wildman–Crippen MR) is 107 cm³/mol. The number of guanidine groups is 1. The highest BCUT2D eigenvalue weighted by Crippen LogP contribution is 2.28. The highest BCUT2D eigenvalue weighted by atomic mass is 127. The molecule has 0 bridgehead atoms. The van der Waals surface area contributed by atoms with Crippen LogP contribution in [0.3, 0.4) is 0 Å². The third-order valence-corrected chi connectivity index (χ3v) is 5.48. The highest BCUT2D eigenvalue weighted by Gasteiger charge is 2.30. The van der Waals surface area contributed by atoms with Gasteiger partial charge in [0, 0.05) is 45.0 Å². The molecule has 0 amide bonds. The molecule has 2 fully saturated rings. The summed E-state index contributed by atoms with van der Waals surface area (Å²) in [6, 6.07) is 0.432. The molecule has 1 aromatic rings. The van der Waals surface area contributed by atoms with Crippen molar-refractivity contribution in [2.24, 2.45) is 16.8 Å². The fourth-order valence-corrected chi connectivity index (χ4v) is 3.91. The summed E-state index contributed by atoms with van der Waals surface area (Å²) in [5.74, 6) is 1.95. The zero-order chi connectivity index (χ0) is 16.2. The molecule has 1 saturated heterocycles. The summed E-state index contributed by atoms with van der Waals surface area (Å²) in [5, 5.41) is 13.5. The third kappa shape index (κ3) is 4.41. The van der Waals surface area contributed by atoms with Crippen LogP contribution < -0.4 is 5.32 Å². The molecule has 4 atom stereocenters. The lowest BCUT2D eigenvalue weighted by molar-refractivity contribution is 0.132. The summed E-state index contributed by atoms with van der Waals surface area (Å²) in [5.41, 5.74) is 0. The number of piperidine rings is 1. The largest absolute Gasteiger partial charge is 0.393 e. The Kier molecular flexibility index (Phi) is 7.34. The molecule has 1 aliphatic carbocycles. The molecule has 3 rings (SSSR count). The Labute approximate surface area is 161 Å². The molecular formula is C17H30IN5O. The average Bonchev–Trinajstić information content (AvgIpc) is 3.21. The van der Waals surface area contributed by atoms with Crippen molar-refractivity contribution in [3.8, 4) is 0 Å². The van der Waals surface area contributed by atoms with Crippen LogP contribution in [-0.2, 0) is 0 Å². The molecular weight excluding hydrogens is 417 g/mol. The van der Waals surface area contributed by atoms with Gasteiger partial charge in [0.25, 0.3) is 0 Å². The predicted octanol–water partition coefficient (Wildman–Crippen LogP) is 2.12. The number of hydrogen-bond donors (Lipinski definition) is 2. The van der Waals surface area contributed by atoms with Crippen molar-refractivity contribution in [2.45, 2.75) is 44.8 Å². The summed E-state index contributed by atoms with van der Waals surface area (Å²) in [4.78, 5) is 11.0. The van der Waals surface area contributed by atoms with Crippen molar-refractivity contribution in [3.63, 3.8) is 0 Å². The van der Waals surface area contributed by atoms with Gasteiger partial charge in [0.15, 0.2) is 5.96 Å². The normalized spacial score (nSPS) is 31.0. The van der Waals surface area contributed by atoms with Crippen LogP contribution in [0.1, 0.15) is 38.6 Å². The van der Waals surface area contributed by atoms with E-state index in [1.807, 2.05) is 19.6 Å². The molecule has 24 heavy (non-hydrogen) atoms. The van der Waals surface area contributed by atoms with Crippen LogP contribution in [0.5, 0.6) is 0 Å². The first-order valence-corrected chi connectivity index (χ1v) is 8.80. The van der Waals surface area contributed by atoms with Crippen molar-refractivity contribution in [3.05, 3.63) is 18.7 Å². The lowest BCUT2D eigenvalue weighted by Crippen LogP contribution is -2.50. The lowest BCUT2D eigenvalue weighted by atomic mass is 9.93. The molecule has 0 aromatic carbocycles. The quantitative estimate of drug-likeness (QED) is 0.424. The molecule has 1 aliphatic heterocycles. The van der Waals surface area contributed by atoms with Crippen LogP contribution in [-0.4, -0.2) is 58.3 Å². The van der Waals surface area contributed by atoms with E-state index >= 15 is 0 Å². The molecule has 0 radical (unpaired) electrons. The van der Waals surface area contributed by atoms with Crippen molar-refractivity contribution in [1.82, 2.24) is 19.8 Å². The summed E-state index contributed by atoms with van der Waals surface area (Å²) in [6.07, 6.45) is 9.99. The van der Waals surface area contributed by atoms with Crippen LogP contribution in [0.2, 0.25) is 0 Å². The highest BCUT2D eigenvalue weighted by molar-refractivity contribution is 14.0. The van der Waals surface area contributed by atoms with Gasteiger partial charge in [-0.05, 0) is 25.2 Å². The number of nitrogens with one attached hydrogen (secondary N) is 1. The minimum absolute atomic E-state index is 0. The van der Waals surface area contributed by atoms with Gasteiger partial charge in [0.1, 0.15) is 0 Å². The Hall–Kier alpha value is -0.830. The number of nitrogens with zero attached hydrogens (tertiary/aromatic N) is 4. The first-order valence-electron chi connectivity index (χ1n) is 8.80. The maximum atomic E-state index is 9.98. The Balaban J connectivity index is 0.00000208. The van der Waals surface area contributed by atoms with Gasteiger partial charge in [-0.15, -0.1) is 24.0 Å². The first kappa shape index (κ1) is 19.5. The third-order valence-electron chi connectivity index (χ3n) is 5.48. The maximum absolute atomic E-state index is 9.98. The van der Waals surface area contributed by atoms with Crippen molar-refractivity contribution in [1.29, 1.82) is 0 Å². The molecule has 4 unspecified atom stereocenters. The SMILES string of the molecule is CN=C(NCC1CCCC1O)N1CCC(C)C(n2ccnc2)C1.I. The van der Waals surface area contributed by atoms with E-state index in [4.69, 9.17) is 0 Å². The maximum Gasteiger partial charge on any atom is 0.193 e. The second-order valence-electron chi connectivity index (χ2n) is 6.98. The van der Waals surface area contributed by atoms with Gasteiger partial charge in [-0.3, -0.25) is 4.99 Å². The number of aliphatic hydroxyl groups excluding tert-OH is 1. The van der Waals surface area contributed by atoms with E-state index in [1.165, 1.54) is 0 Å². The minimum atomic E-state index is -0.152. The van der Waals surface area contributed by atoms with E-state index in [9.17, 15) is 5.11 Å². The zero-order valence-electron chi connectivity index (χ0n) is 14.6. The van der Waals surface area contributed by atoms with E-state index in [1.54, 1.807) is 0 Å². The lowest BCUT2D eigenvalue weighted by Gasteiger charge is -2.39. The number of likely N-dealkylation sites (tertiary alicyclic amines) is 1. The number of hydrogen-bond acceptors (Lipinski definition) is 3. The molecule has 2 aliphatic rings. The Morgan fingerprint density at radius 1 is 1.38 bits per heavy atom. The van der Waals surface area contributed by atoms with Crippen LogP contribution in [0, 0.1) is 11.8 Å². The van der Waals surface area contributed by atoms with Gasteiger partial charge < -0.3 is 19.9 Å². The zero-order valence-corrected chi connectivity index (χ0v) is 17.0.